The second kappa shape index (κ2) is 4.42. The first kappa shape index (κ1) is 11.4. The Morgan fingerprint density at radius 1 is 1.20 bits per heavy atom. The van der Waals surface area contributed by atoms with Crippen LogP contribution in [0.1, 0.15) is 40.0 Å². The average molecular weight is 211 g/mol. The molecule has 1 unspecified atom stereocenters. The molecular weight excluding hydrogens is 186 g/mol. The van der Waals surface area contributed by atoms with Gasteiger partial charge in [-0.05, 0) is 30.6 Å². The molecule has 0 aromatic carbocycles. The van der Waals surface area contributed by atoms with Crippen molar-refractivity contribution < 1.29 is 4.74 Å². The molecule has 0 amide bonds. The van der Waals surface area contributed by atoms with Crippen LogP contribution in [0.15, 0.2) is 0 Å². The minimum absolute atomic E-state index is 0.558. The molecule has 0 aromatic heterocycles. The quantitative estimate of drug-likeness (QED) is 0.661. The van der Waals surface area contributed by atoms with Crippen molar-refractivity contribution in [1.29, 1.82) is 0 Å². The number of hydrogen-bond donors (Lipinski definition) is 0. The Morgan fingerprint density at radius 3 is 2.47 bits per heavy atom. The summed E-state index contributed by atoms with van der Waals surface area (Å²) in [5.41, 5.74) is 0.558. The molecule has 0 N–H and O–H groups in total. The van der Waals surface area contributed by atoms with Gasteiger partial charge in [0.1, 0.15) is 0 Å². The predicted molar refractivity (Wildman–Crippen MR) is 63.0 cm³/mol. The summed E-state index contributed by atoms with van der Waals surface area (Å²) < 4.78 is 5.42. The van der Waals surface area contributed by atoms with Gasteiger partial charge in [-0.1, -0.05) is 20.8 Å². The first-order chi connectivity index (χ1) is 7.09. The molecule has 0 spiro atoms. The van der Waals surface area contributed by atoms with E-state index in [-0.39, 0.29) is 0 Å². The van der Waals surface area contributed by atoms with Crippen LogP contribution in [0.3, 0.4) is 0 Å². The Bertz CT molecular complexity index is 209. The lowest BCUT2D eigenvalue weighted by Gasteiger charge is -2.45. The van der Waals surface area contributed by atoms with E-state index in [1.54, 1.807) is 0 Å². The Labute approximate surface area is 94.0 Å². The normalized spacial score (nSPS) is 37.8. The Hall–Kier alpha value is -0.0800. The van der Waals surface area contributed by atoms with Crippen LogP contribution in [0, 0.1) is 11.3 Å². The van der Waals surface area contributed by atoms with Gasteiger partial charge in [0.2, 0.25) is 0 Å². The fourth-order valence-corrected chi connectivity index (χ4v) is 2.90. The molecule has 1 heterocycles. The number of hydrogen-bond acceptors (Lipinski definition) is 2. The summed E-state index contributed by atoms with van der Waals surface area (Å²) >= 11 is 0. The highest BCUT2D eigenvalue weighted by atomic mass is 16.5. The van der Waals surface area contributed by atoms with Gasteiger partial charge in [-0.25, -0.2) is 0 Å². The van der Waals surface area contributed by atoms with Gasteiger partial charge < -0.3 is 4.74 Å². The number of rotatable bonds is 1. The second-order valence-electron chi connectivity index (χ2n) is 5.97. The first-order valence-corrected chi connectivity index (χ1v) is 6.41. The smallest absolute Gasteiger partial charge is 0.0594 e. The van der Waals surface area contributed by atoms with Gasteiger partial charge in [0.05, 0.1) is 13.2 Å². The molecule has 2 nitrogen and oxygen atoms in total. The van der Waals surface area contributed by atoms with Gasteiger partial charge in [-0.15, -0.1) is 0 Å². The van der Waals surface area contributed by atoms with Crippen molar-refractivity contribution in [3.63, 3.8) is 0 Å². The summed E-state index contributed by atoms with van der Waals surface area (Å²) in [6, 6.07) is 0.830. The standard InChI is InChI=1S/C13H25NO/c1-11-10-12(4-5-13(11,2)3)14-6-8-15-9-7-14/h11-12H,4-10H2,1-3H3/t11-,12?/m0/s1. The van der Waals surface area contributed by atoms with Crippen molar-refractivity contribution in [2.24, 2.45) is 11.3 Å². The molecule has 15 heavy (non-hydrogen) atoms. The zero-order valence-corrected chi connectivity index (χ0v) is 10.5. The molecule has 1 aliphatic carbocycles. The summed E-state index contributed by atoms with van der Waals surface area (Å²) in [6.45, 7) is 11.4. The Morgan fingerprint density at radius 2 is 1.87 bits per heavy atom. The van der Waals surface area contributed by atoms with Gasteiger partial charge in [-0.3, -0.25) is 4.90 Å². The molecule has 0 aromatic rings. The molecule has 1 aliphatic heterocycles. The van der Waals surface area contributed by atoms with Crippen molar-refractivity contribution >= 4 is 0 Å². The molecule has 2 rings (SSSR count). The van der Waals surface area contributed by atoms with Gasteiger partial charge in [0.15, 0.2) is 0 Å². The topological polar surface area (TPSA) is 12.5 Å². The van der Waals surface area contributed by atoms with Gasteiger partial charge in [0.25, 0.3) is 0 Å². The van der Waals surface area contributed by atoms with Gasteiger partial charge in [-0.2, -0.15) is 0 Å². The van der Waals surface area contributed by atoms with Crippen LogP contribution < -0.4 is 0 Å². The lowest BCUT2D eigenvalue weighted by molar-refractivity contribution is -0.0128. The van der Waals surface area contributed by atoms with Gasteiger partial charge in [0, 0.05) is 19.1 Å². The van der Waals surface area contributed by atoms with Crippen molar-refractivity contribution in [2.45, 2.75) is 46.1 Å². The fourth-order valence-electron chi connectivity index (χ4n) is 2.90. The maximum absolute atomic E-state index is 5.42. The summed E-state index contributed by atoms with van der Waals surface area (Å²) in [5.74, 6) is 0.860. The van der Waals surface area contributed by atoms with Crippen molar-refractivity contribution in [1.82, 2.24) is 4.90 Å². The molecule has 2 heteroatoms. The third-order valence-electron chi connectivity index (χ3n) is 4.64. The second-order valence-corrected chi connectivity index (χ2v) is 5.97. The molecule has 88 valence electrons. The minimum atomic E-state index is 0.558. The van der Waals surface area contributed by atoms with Gasteiger partial charge >= 0.3 is 0 Å². The molecule has 2 aliphatic rings. The SMILES string of the molecule is C[C@H]1CC(N2CCOCC2)CCC1(C)C. The average Bonchev–Trinajstić information content (AvgIpc) is 2.23. The van der Waals surface area contributed by atoms with E-state index in [4.69, 9.17) is 4.74 Å². The lowest BCUT2D eigenvalue weighted by atomic mass is 9.68. The van der Waals surface area contributed by atoms with Crippen LogP contribution in [-0.4, -0.2) is 37.2 Å². The highest BCUT2D eigenvalue weighted by Crippen LogP contribution is 2.41. The first-order valence-electron chi connectivity index (χ1n) is 6.41. The Balaban J connectivity index is 1.90. The summed E-state index contributed by atoms with van der Waals surface area (Å²) in [4.78, 5) is 2.65. The van der Waals surface area contributed by atoms with E-state index in [1.165, 1.54) is 19.3 Å². The van der Waals surface area contributed by atoms with Crippen molar-refractivity contribution in [2.75, 3.05) is 26.3 Å². The minimum Gasteiger partial charge on any atom is -0.379 e. The molecule has 2 atom stereocenters. The van der Waals surface area contributed by atoms with E-state index in [1.807, 2.05) is 0 Å². The van der Waals surface area contributed by atoms with Crippen LogP contribution in [-0.2, 0) is 4.74 Å². The molecule has 1 saturated heterocycles. The van der Waals surface area contributed by atoms with Crippen molar-refractivity contribution in [3.05, 3.63) is 0 Å². The van der Waals surface area contributed by atoms with Crippen LogP contribution in [0.2, 0.25) is 0 Å². The van der Waals surface area contributed by atoms with E-state index in [0.29, 0.717) is 5.41 Å². The monoisotopic (exact) mass is 211 g/mol. The predicted octanol–water partition coefficient (Wildman–Crippen LogP) is 2.53. The van der Waals surface area contributed by atoms with Crippen LogP contribution in [0.25, 0.3) is 0 Å². The van der Waals surface area contributed by atoms with E-state index >= 15 is 0 Å². The van der Waals surface area contributed by atoms with Crippen LogP contribution in [0.5, 0.6) is 0 Å². The van der Waals surface area contributed by atoms with Crippen molar-refractivity contribution in [3.8, 4) is 0 Å². The summed E-state index contributed by atoms with van der Waals surface area (Å²) in [5, 5.41) is 0. The number of ether oxygens (including phenoxy) is 1. The lowest BCUT2D eigenvalue weighted by Crippen LogP contribution is -2.47. The van der Waals surface area contributed by atoms with E-state index in [2.05, 4.69) is 25.7 Å². The molecule has 0 radical (unpaired) electrons. The molecule has 0 bridgehead atoms. The van der Waals surface area contributed by atoms with Crippen LogP contribution in [0.4, 0.5) is 0 Å². The molecule has 2 fully saturated rings. The summed E-state index contributed by atoms with van der Waals surface area (Å²) in [6.07, 6.45) is 4.15. The zero-order chi connectivity index (χ0) is 10.9. The highest BCUT2D eigenvalue weighted by Gasteiger charge is 2.35. The van der Waals surface area contributed by atoms with E-state index in [0.717, 1.165) is 38.3 Å². The Kier molecular flexibility index (Phi) is 3.36. The fraction of sp³-hybridized carbons (Fsp3) is 1.00. The zero-order valence-electron chi connectivity index (χ0n) is 10.5. The van der Waals surface area contributed by atoms with Crippen LogP contribution >= 0.6 is 0 Å². The van der Waals surface area contributed by atoms with E-state index in [9.17, 15) is 0 Å². The third-order valence-corrected chi connectivity index (χ3v) is 4.64. The largest absolute Gasteiger partial charge is 0.379 e. The maximum Gasteiger partial charge on any atom is 0.0594 e. The summed E-state index contributed by atoms with van der Waals surface area (Å²) in [7, 11) is 0. The number of morpholine rings is 1. The maximum atomic E-state index is 5.42. The highest BCUT2D eigenvalue weighted by molar-refractivity contribution is 4.88. The molecule has 1 saturated carbocycles. The van der Waals surface area contributed by atoms with E-state index < -0.39 is 0 Å². The third kappa shape index (κ3) is 2.54. The number of nitrogens with zero attached hydrogens (tertiary/aromatic N) is 1. The molecular formula is C13H25NO.